The molecular weight excluding hydrogens is 230 g/mol. The van der Waals surface area contributed by atoms with Gasteiger partial charge in [0.25, 0.3) is 0 Å². The largest absolute Gasteiger partial charge is 0.465 e. The molecule has 0 fully saturated rings. The Hall–Kier alpha value is -2.61. The molecule has 0 saturated carbocycles. The first-order valence-corrected chi connectivity index (χ1v) is 5.33. The van der Waals surface area contributed by atoms with Crippen LogP contribution in [-0.4, -0.2) is 22.9 Å². The molecule has 0 atom stereocenters. The predicted molar refractivity (Wildman–Crippen MR) is 63.8 cm³/mol. The standard InChI is InChI=1S/C13H11N3O2/c1-18-13(17)10-3-4-11(12(7-10)8-14)9-16-6-2-5-15-16/h2-7H,9H2,1H3. The fraction of sp³-hybridized carbons (Fsp3) is 0.154. The van der Waals surface area contributed by atoms with Crippen LogP contribution in [0.3, 0.4) is 0 Å². The lowest BCUT2D eigenvalue weighted by atomic mass is 10.0. The number of carbonyl (C=O) groups is 1. The molecule has 0 aliphatic rings. The Kier molecular flexibility index (Phi) is 3.39. The number of nitriles is 1. The Morgan fingerprint density at radius 1 is 1.56 bits per heavy atom. The normalized spacial score (nSPS) is 9.78. The van der Waals surface area contributed by atoms with Crippen molar-refractivity contribution < 1.29 is 9.53 Å². The molecule has 18 heavy (non-hydrogen) atoms. The number of benzene rings is 1. The molecule has 0 bridgehead atoms. The molecule has 1 heterocycles. The third-order valence-corrected chi connectivity index (χ3v) is 2.54. The van der Waals surface area contributed by atoms with Crippen LogP contribution in [-0.2, 0) is 11.3 Å². The van der Waals surface area contributed by atoms with Crippen LogP contribution in [0.15, 0.2) is 36.7 Å². The first kappa shape index (κ1) is 11.9. The summed E-state index contributed by atoms with van der Waals surface area (Å²) in [6.07, 6.45) is 3.49. The van der Waals surface area contributed by atoms with Gasteiger partial charge in [-0.2, -0.15) is 10.4 Å². The lowest BCUT2D eigenvalue weighted by Crippen LogP contribution is -2.05. The first-order valence-electron chi connectivity index (χ1n) is 5.33. The summed E-state index contributed by atoms with van der Waals surface area (Å²) in [5, 5.41) is 13.2. The van der Waals surface area contributed by atoms with Gasteiger partial charge in [0.05, 0.1) is 30.9 Å². The van der Waals surface area contributed by atoms with E-state index in [-0.39, 0.29) is 0 Å². The van der Waals surface area contributed by atoms with Gasteiger partial charge in [-0.15, -0.1) is 0 Å². The number of rotatable bonds is 3. The molecule has 0 amide bonds. The molecule has 0 unspecified atom stereocenters. The van der Waals surface area contributed by atoms with E-state index in [9.17, 15) is 4.79 Å². The lowest BCUT2D eigenvalue weighted by Gasteiger charge is -2.06. The van der Waals surface area contributed by atoms with Crippen LogP contribution in [0.1, 0.15) is 21.5 Å². The number of aromatic nitrogens is 2. The average molecular weight is 241 g/mol. The predicted octanol–water partition coefficient (Wildman–Crippen LogP) is 1.59. The highest BCUT2D eigenvalue weighted by Gasteiger charge is 2.10. The van der Waals surface area contributed by atoms with Crippen molar-refractivity contribution in [3.63, 3.8) is 0 Å². The molecule has 0 aliphatic carbocycles. The highest BCUT2D eigenvalue weighted by molar-refractivity contribution is 5.89. The number of hydrogen-bond donors (Lipinski definition) is 0. The van der Waals surface area contributed by atoms with Gasteiger partial charge in [0.1, 0.15) is 0 Å². The lowest BCUT2D eigenvalue weighted by molar-refractivity contribution is 0.0600. The van der Waals surface area contributed by atoms with Crippen LogP contribution in [0.4, 0.5) is 0 Å². The van der Waals surface area contributed by atoms with Gasteiger partial charge < -0.3 is 4.74 Å². The SMILES string of the molecule is COC(=O)c1ccc(Cn2cccn2)c(C#N)c1. The van der Waals surface area contributed by atoms with Gasteiger partial charge in [0, 0.05) is 12.4 Å². The Morgan fingerprint density at radius 2 is 2.39 bits per heavy atom. The van der Waals surface area contributed by atoms with Crippen molar-refractivity contribution >= 4 is 5.97 Å². The fourth-order valence-electron chi connectivity index (χ4n) is 1.63. The zero-order chi connectivity index (χ0) is 13.0. The van der Waals surface area contributed by atoms with E-state index in [1.165, 1.54) is 13.2 Å². The molecule has 90 valence electrons. The summed E-state index contributed by atoms with van der Waals surface area (Å²) in [7, 11) is 1.31. The second kappa shape index (κ2) is 5.15. The Bertz CT molecular complexity index is 597. The summed E-state index contributed by atoms with van der Waals surface area (Å²) < 4.78 is 6.33. The third kappa shape index (κ3) is 2.38. The number of nitrogens with zero attached hydrogens (tertiary/aromatic N) is 3. The Morgan fingerprint density at radius 3 is 3.00 bits per heavy atom. The Balaban J connectivity index is 2.32. The van der Waals surface area contributed by atoms with E-state index in [1.54, 1.807) is 23.0 Å². The molecule has 5 heteroatoms. The van der Waals surface area contributed by atoms with E-state index in [1.807, 2.05) is 12.3 Å². The monoisotopic (exact) mass is 241 g/mol. The number of carbonyl (C=O) groups excluding carboxylic acids is 1. The van der Waals surface area contributed by atoms with Crippen LogP contribution in [0.25, 0.3) is 0 Å². The molecule has 0 spiro atoms. The topological polar surface area (TPSA) is 67.9 Å². The molecular formula is C13H11N3O2. The summed E-state index contributed by atoms with van der Waals surface area (Å²) in [6, 6.07) is 8.81. The molecule has 1 aromatic heterocycles. The van der Waals surface area contributed by atoms with E-state index in [4.69, 9.17) is 5.26 Å². The number of esters is 1. The van der Waals surface area contributed by atoms with Crippen LogP contribution >= 0.6 is 0 Å². The zero-order valence-corrected chi connectivity index (χ0v) is 9.83. The van der Waals surface area contributed by atoms with Crippen molar-refractivity contribution in [3.8, 4) is 6.07 Å². The molecule has 1 aromatic carbocycles. The average Bonchev–Trinajstić information content (AvgIpc) is 2.91. The van der Waals surface area contributed by atoms with E-state index < -0.39 is 5.97 Å². The van der Waals surface area contributed by atoms with Crippen LogP contribution < -0.4 is 0 Å². The van der Waals surface area contributed by atoms with Gasteiger partial charge in [-0.05, 0) is 23.8 Å². The highest BCUT2D eigenvalue weighted by Crippen LogP contribution is 2.13. The minimum Gasteiger partial charge on any atom is -0.465 e. The number of methoxy groups -OCH3 is 1. The Labute approximate surface area is 104 Å². The van der Waals surface area contributed by atoms with Gasteiger partial charge >= 0.3 is 5.97 Å². The van der Waals surface area contributed by atoms with Crippen molar-refractivity contribution in [2.45, 2.75) is 6.54 Å². The van der Waals surface area contributed by atoms with Gasteiger partial charge in [-0.25, -0.2) is 4.79 Å². The smallest absolute Gasteiger partial charge is 0.337 e. The van der Waals surface area contributed by atoms with Gasteiger partial charge in [0.2, 0.25) is 0 Å². The second-order valence-corrected chi connectivity index (χ2v) is 3.68. The molecule has 0 aliphatic heterocycles. The van der Waals surface area contributed by atoms with Gasteiger partial charge in [-0.3, -0.25) is 4.68 Å². The van der Waals surface area contributed by atoms with Crippen molar-refractivity contribution in [2.24, 2.45) is 0 Å². The van der Waals surface area contributed by atoms with E-state index in [0.717, 1.165) is 5.56 Å². The first-order chi connectivity index (χ1) is 8.74. The maximum absolute atomic E-state index is 11.4. The maximum Gasteiger partial charge on any atom is 0.337 e. The van der Waals surface area contributed by atoms with Crippen molar-refractivity contribution in [1.29, 1.82) is 5.26 Å². The molecule has 0 saturated heterocycles. The van der Waals surface area contributed by atoms with Gasteiger partial charge in [-0.1, -0.05) is 6.07 Å². The zero-order valence-electron chi connectivity index (χ0n) is 9.83. The minimum absolute atomic E-state index is 0.373. The molecule has 5 nitrogen and oxygen atoms in total. The van der Waals surface area contributed by atoms with Gasteiger partial charge in [0.15, 0.2) is 0 Å². The quantitative estimate of drug-likeness (QED) is 0.765. The summed E-state index contributed by atoms with van der Waals surface area (Å²) >= 11 is 0. The number of ether oxygens (including phenoxy) is 1. The third-order valence-electron chi connectivity index (χ3n) is 2.54. The summed E-state index contributed by atoms with van der Waals surface area (Å²) in [6.45, 7) is 0.497. The van der Waals surface area contributed by atoms with E-state index in [2.05, 4.69) is 15.9 Å². The van der Waals surface area contributed by atoms with E-state index in [0.29, 0.717) is 17.7 Å². The summed E-state index contributed by atoms with van der Waals surface area (Å²) in [5.74, 6) is -0.447. The molecule has 2 aromatic rings. The molecule has 0 N–H and O–H groups in total. The van der Waals surface area contributed by atoms with Crippen LogP contribution in [0.2, 0.25) is 0 Å². The van der Waals surface area contributed by atoms with Crippen LogP contribution in [0, 0.1) is 11.3 Å². The maximum atomic E-state index is 11.4. The molecule has 0 radical (unpaired) electrons. The van der Waals surface area contributed by atoms with Crippen molar-refractivity contribution in [1.82, 2.24) is 9.78 Å². The van der Waals surface area contributed by atoms with Crippen LogP contribution in [0.5, 0.6) is 0 Å². The van der Waals surface area contributed by atoms with Crippen molar-refractivity contribution in [3.05, 3.63) is 53.3 Å². The minimum atomic E-state index is -0.447. The highest BCUT2D eigenvalue weighted by atomic mass is 16.5. The molecule has 2 rings (SSSR count). The van der Waals surface area contributed by atoms with Crippen molar-refractivity contribution in [2.75, 3.05) is 7.11 Å². The number of hydrogen-bond acceptors (Lipinski definition) is 4. The second-order valence-electron chi connectivity index (χ2n) is 3.68. The fourth-order valence-corrected chi connectivity index (χ4v) is 1.63. The summed E-state index contributed by atoms with van der Waals surface area (Å²) in [4.78, 5) is 11.4. The summed E-state index contributed by atoms with van der Waals surface area (Å²) in [5.41, 5.74) is 1.64. The van der Waals surface area contributed by atoms with E-state index >= 15 is 0 Å².